The molecule has 0 atom stereocenters. The number of thiazole rings is 1. The van der Waals surface area contributed by atoms with Crippen molar-refractivity contribution in [2.75, 3.05) is 31.5 Å². The fourth-order valence-corrected chi connectivity index (χ4v) is 5.27. The fourth-order valence-electron chi connectivity index (χ4n) is 4.55. The topological polar surface area (TPSA) is 65.5 Å². The number of benzene rings is 2. The number of carbonyl (C=O) groups excluding carboxylic acids is 2. The minimum absolute atomic E-state index is 0.00657. The number of anilines is 1. The number of amides is 3. The molecule has 0 aliphatic carbocycles. The summed E-state index contributed by atoms with van der Waals surface area (Å²) in [6.07, 6.45) is 3.60. The Morgan fingerprint density at radius 2 is 1.65 bits per heavy atom. The molecule has 2 saturated heterocycles. The Morgan fingerprint density at radius 1 is 0.935 bits per heavy atom. The fraction of sp³-hybridized carbons (Fsp3) is 0.375. The summed E-state index contributed by atoms with van der Waals surface area (Å²) in [4.78, 5) is 33.9. The third-order valence-electron chi connectivity index (χ3n) is 6.31. The molecule has 1 aromatic heterocycles. The summed E-state index contributed by atoms with van der Waals surface area (Å²) in [6.45, 7) is 3.02. The third-order valence-corrected chi connectivity index (χ3v) is 7.07. The van der Waals surface area contributed by atoms with E-state index in [-0.39, 0.29) is 17.9 Å². The third kappa shape index (κ3) is 4.14. The van der Waals surface area contributed by atoms with Crippen LogP contribution in [0.15, 0.2) is 47.8 Å². The summed E-state index contributed by atoms with van der Waals surface area (Å²) >= 11 is 1.45. The minimum atomic E-state index is -0.0764. The van der Waals surface area contributed by atoms with Crippen LogP contribution in [0.25, 0.3) is 22.0 Å². The van der Waals surface area contributed by atoms with Crippen molar-refractivity contribution in [3.63, 3.8) is 0 Å². The van der Waals surface area contributed by atoms with Crippen LogP contribution in [0.2, 0.25) is 0 Å². The van der Waals surface area contributed by atoms with Crippen LogP contribution in [-0.2, 0) is 4.79 Å². The van der Waals surface area contributed by atoms with E-state index >= 15 is 0 Å². The molecule has 0 spiro atoms. The van der Waals surface area contributed by atoms with Gasteiger partial charge >= 0.3 is 6.03 Å². The standard InChI is InChI=1S/C24H26N4O2S/c29-22(18-10-14-28(15-11-18)24(30)27-12-3-4-13-27)26-23-25-21(16-31-23)20-9-5-7-17-6-1-2-8-19(17)20/h1-2,5-9,16,18H,3-4,10-15H2,(H,25,26,29). The van der Waals surface area contributed by atoms with Gasteiger partial charge in [-0.15, -0.1) is 11.3 Å². The van der Waals surface area contributed by atoms with Gasteiger partial charge < -0.3 is 15.1 Å². The van der Waals surface area contributed by atoms with Crippen molar-refractivity contribution in [1.29, 1.82) is 0 Å². The normalized spacial score (nSPS) is 17.3. The quantitative estimate of drug-likeness (QED) is 0.642. The molecule has 3 heterocycles. The van der Waals surface area contributed by atoms with E-state index in [4.69, 9.17) is 0 Å². The smallest absolute Gasteiger partial charge is 0.319 e. The van der Waals surface area contributed by atoms with E-state index in [1.165, 1.54) is 16.7 Å². The number of hydrogen-bond acceptors (Lipinski definition) is 4. The van der Waals surface area contributed by atoms with Gasteiger partial charge in [0.25, 0.3) is 0 Å². The van der Waals surface area contributed by atoms with Crippen LogP contribution in [0, 0.1) is 5.92 Å². The molecule has 5 rings (SSSR count). The van der Waals surface area contributed by atoms with Crippen LogP contribution < -0.4 is 5.32 Å². The zero-order valence-electron chi connectivity index (χ0n) is 17.4. The Balaban J connectivity index is 1.21. The molecule has 0 unspecified atom stereocenters. The highest BCUT2D eigenvalue weighted by Gasteiger charge is 2.30. The van der Waals surface area contributed by atoms with Gasteiger partial charge in [-0.3, -0.25) is 4.79 Å². The Labute approximate surface area is 185 Å². The van der Waals surface area contributed by atoms with Gasteiger partial charge in [-0.2, -0.15) is 0 Å². The molecule has 31 heavy (non-hydrogen) atoms. The van der Waals surface area contributed by atoms with Gasteiger partial charge in [-0.25, -0.2) is 9.78 Å². The van der Waals surface area contributed by atoms with E-state index in [0.717, 1.165) is 42.6 Å². The minimum Gasteiger partial charge on any atom is -0.325 e. The Bertz CT molecular complexity index is 1090. The first-order valence-electron chi connectivity index (χ1n) is 11.0. The zero-order valence-corrected chi connectivity index (χ0v) is 18.2. The average molecular weight is 435 g/mol. The second-order valence-electron chi connectivity index (χ2n) is 8.29. The van der Waals surface area contributed by atoms with Gasteiger partial charge in [-0.05, 0) is 36.5 Å². The number of carbonyl (C=O) groups is 2. The van der Waals surface area contributed by atoms with Crippen molar-refractivity contribution in [3.8, 4) is 11.3 Å². The van der Waals surface area contributed by atoms with Gasteiger partial charge in [0.1, 0.15) is 0 Å². The molecule has 0 bridgehead atoms. The molecule has 0 saturated carbocycles. The van der Waals surface area contributed by atoms with Crippen molar-refractivity contribution in [2.45, 2.75) is 25.7 Å². The molecular formula is C24H26N4O2S. The number of nitrogens with one attached hydrogen (secondary N) is 1. The summed E-state index contributed by atoms with van der Waals surface area (Å²) < 4.78 is 0. The number of nitrogens with zero attached hydrogens (tertiary/aromatic N) is 3. The van der Waals surface area contributed by atoms with Crippen LogP contribution in [0.4, 0.5) is 9.93 Å². The van der Waals surface area contributed by atoms with Gasteiger partial charge in [0.2, 0.25) is 5.91 Å². The van der Waals surface area contributed by atoms with Gasteiger partial charge in [-0.1, -0.05) is 42.5 Å². The molecule has 3 aromatic rings. The maximum Gasteiger partial charge on any atom is 0.319 e. The van der Waals surface area contributed by atoms with E-state index in [9.17, 15) is 9.59 Å². The van der Waals surface area contributed by atoms with Crippen LogP contribution in [0.5, 0.6) is 0 Å². The highest BCUT2D eigenvalue weighted by molar-refractivity contribution is 7.14. The molecular weight excluding hydrogens is 408 g/mol. The number of aromatic nitrogens is 1. The highest BCUT2D eigenvalue weighted by atomic mass is 32.1. The zero-order chi connectivity index (χ0) is 21.2. The predicted octanol–water partition coefficient (Wildman–Crippen LogP) is 4.83. The Hall–Kier alpha value is -2.93. The molecule has 2 aliphatic heterocycles. The van der Waals surface area contributed by atoms with Crippen LogP contribution in [0.1, 0.15) is 25.7 Å². The number of rotatable bonds is 3. The second kappa shape index (κ2) is 8.67. The number of likely N-dealkylation sites (tertiary alicyclic amines) is 2. The van der Waals surface area contributed by atoms with E-state index in [0.29, 0.717) is 31.1 Å². The van der Waals surface area contributed by atoms with Gasteiger partial charge in [0.05, 0.1) is 5.69 Å². The molecule has 2 fully saturated rings. The monoisotopic (exact) mass is 434 g/mol. The first kappa shape index (κ1) is 20.0. The van der Waals surface area contributed by atoms with Crippen LogP contribution >= 0.6 is 11.3 Å². The Kier molecular flexibility index (Phi) is 5.59. The largest absolute Gasteiger partial charge is 0.325 e. The summed E-state index contributed by atoms with van der Waals surface area (Å²) in [7, 11) is 0. The molecule has 0 radical (unpaired) electrons. The predicted molar refractivity (Wildman–Crippen MR) is 124 cm³/mol. The average Bonchev–Trinajstić information content (AvgIpc) is 3.51. The molecule has 6 nitrogen and oxygen atoms in total. The lowest BCUT2D eigenvalue weighted by molar-refractivity contribution is -0.121. The van der Waals surface area contributed by atoms with E-state index in [1.807, 2.05) is 33.4 Å². The van der Waals surface area contributed by atoms with Crippen molar-refractivity contribution < 1.29 is 9.59 Å². The van der Waals surface area contributed by atoms with Crippen molar-refractivity contribution in [1.82, 2.24) is 14.8 Å². The number of urea groups is 1. The summed E-state index contributed by atoms with van der Waals surface area (Å²) in [6, 6.07) is 14.6. The number of piperidine rings is 1. The van der Waals surface area contributed by atoms with Crippen molar-refractivity contribution in [3.05, 3.63) is 47.8 Å². The van der Waals surface area contributed by atoms with Crippen molar-refractivity contribution >= 4 is 39.2 Å². The van der Waals surface area contributed by atoms with Crippen LogP contribution in [0.3, 0.4) is 0 Å². The number of fused-ring (bicyclic) bond motifs is 1. The van der Waals surface area contributed by atoms with Gasteiger partial charge in [0.15, 0.2) is 5.13 Å². The maximum atomic E-state index is 12.8. The first-order valence-corrected chi connectivity index (χ1v) is 11.9. The molecule has 2 aliphatic rings. The van der Waals surface area contributed by atoms with Gasteiger partial charge in [0, 0.05) is 43.0 Å². The van der Waals surface area contributed by atoms with E-state index in [2.05, 4.69) is 34.6 Å². The SMILES string of the molecule is O=C(Nc1nc(-c2cccc3ccccc23)cs1)C1CCN(C(=O)N2CCCC2)CC1. The van der Waals surface area contributed by atoms with Crippen molar-refractivity contribution in [2.24, 2.45) is 5.92 Å². The Morgan fingerprint density at radius 3 is 2.45 bits per heavy atom. The van der Waals surface area contributed by atoms with Crippen LogP contribution in [-0.4, -0.2) is 52.9 Å². The van der Waals surface area contributed by atoms with E-state index in [1.54, 1.807) is 0 Å². The first-order chi connectivity index (χ1) is 15.2. The summed E-state index contributed by atoms with van der Waals surface area (Å²) in [5.41, 5.74) is 1.95. The molecule has 1 N–H and O–H groups in total. The lowest BCUT2D eigenvalue weighted by atomic mass is 9.96. The maximum absolute atomic E-state index is 12.8. The molecule has 2 aromatic carbocycles. The van der Waals surface area contributed by atoms with E-state index < -0.39 is 0 Å². The molecule has 7 heteroatoms. The molecule has 3 amide bonds. The summed E-state index contributed by atoms with van der Waals surface area (Å²) in [5, 5.41) is 7.96. The lowest BCUT2D eigenvalue weighted by Crippen LogP contribution is -2.47. The lowest BCUT2D eigenvalue weighted by Gasteiger charge is -2.33. The summed E-state index contributed by atoms with van der Waals surface area (Å²) in [5.74, 6) is -0.0698. The second-order valence-corrected chi connectivity index (χ2v) is 9.15. The molecule has 160 valence electrons. The number of hydrogen-bond donors (Lipinski definition) is 1. The highest BCUT2D eigenvalue weighted by Crippen LogP contribution is 2.31.